The summed E-state index contributed by atoms with van der Waals surface area (Å²) in [6, 6.07) is 11.5. The van der Waals surface area contributed by atoms with Gasteiger partial charge in [-0.3, -0.25) is 14.9 Å². The molecule has 0 atom stereocenters. The SMILES string of the molecule is CN(Cc1cccc(-c2ccc(C=C3SC(=O)NC3=O)s2)c1)C(=O)O. The maximum Gasteiger partial charge on any atom is 0.407 e. The molecule has 1 saturated heterocycles. The van der Waals surface area contributed by atoms with Crippen LogP contribution in [0, 0.1) is 0 Å². The Balaban J connectivity index is 1.81. The molecule has 1 aliphatic rings. The third kappa shape index (κ3) is 4.09. The Kier molecular flexibility index (Phi) is 4.91. The van der Waals surface area contributed by atoms with Crippen molar-refractivity contribution in [3.05, 3.63) is 51.7 Å². The predicted octanol–water partition coefficient (Wildman–Crippen LogP) is 3.85. The second-order valence-corrected chi connectivity index (χ2v) is 7.52. The van der Waals surface area contributed by atoms with E-state index in [1.54, 1.807) is 6.08 Å². The van der Waals surface area contributed by atoms with Crippen LogP contribution in [0.1, 0.15) is 10.4 Å². The van der Waals surface area contributed by atoms with Gasteiger partial charge in [-0.15, -0.1) is 11.3 Å². The average Bonchev–Trinajstić information content (AvgIpc) is 3.14. The first kappa shape index (κ1) is 17.2. The minimum Gasteiger partial charge on any atom is -0.465 e. The first-order valence-electron chi connectivity index (χ1n) is 7.30. The van der Waals surface area contributed by atoms with Crippen molar-refractivity contribution in [2.24, 2.45) is 0 Å². The van der Waals surface area contributed by atoms with Gasteiger partial charge in [0.05, 0.1) is 4.91 Å². The highest BCUT2D eigenvalue weighted by atomic mass is 32.2. The molecule has 128 valence electrons. The highest BCUT2D eigenvalue weighted by Gasteiger charge is 2.25. The number of amides is 3. The molecule has 0 spiro atoms. The lowest BCUT2D eigenvalue weighted by Gasteiger charge is -2.13. The fourth-order valence-corrected chi connectivity index (χ4v) is 4.00. The van der Waals surface area contributed by atoms with Crippen molar-refractivity contribution >= 4 is 46.4 Å². The van der Waals surface area contributed by atoms with E-state index in [9.17, 15) is 14.4 Å². The normalized spacial score (nSPS) is 15.5. The summed E-state index contributed by atoms with van der Waals surface area (Å²) in [7, 11) is 1.52. The molecule has 1 aromatic heterocycles. The summed E-state index contributed by atoms with van der Waals surface area (Å²) in [6.45, 7) is 0.310. The maximum absolute atomic E-state index is 11.6. The van der Waals surface area contributed by atoms with E-state index in [0.29, 0.717) is 11.4 Å². The van der Waals surface area contributed by atoms with Crippen molar-refractivity contribution in [2.75, 3.05) is 7.05 Å². The number of carbonyl (C=O) groups excluding carboxylic acids is 2. The van der Waals surface area contributed by atoms with Gasteiger partial charge >= 0.3 is 6.09 Å². The molecule has 25 heavy (non-hydrogen) atoms. The van der Waals surface area contributed by atoms with Crippen molar-refractivity contribution in [3.63, 3.8) is 0 Å². The third-order valence-corrected chi connectivity index (χ3v) is 5.39. The van der Waals surface area contributed by atoms with Gasteiger partial charge in [-0.2, -0.15) is 0 Å². The van der Waals surface area contributed by atoms with E-state index in [1.165, 1.54) is 23.3 Å². The van der Waals surface area contributed by atoms with Crippen molar-refractivity contribution in [1.29, 1.82) is 0 Å². The zero-order valence-electron chi connectivity index (χ0n) is 13.2. The molecule has 2 N–H and O–H groups in total. The molecule has 2 heterocycles. The van der Waals surface area contributed by atoms with Gasteiger partial charge in [0.2, 0.25) is 0 Å². The van der Waals surface area contributed by atoms with E-state index >= 15 is 0 Å². The Labute approximate surface area is 152 Å². The van der Waals surface area contributed by atoms with Crippen molar-refractivity contribution in [3.8, 4) is 10.4 Å². The number of nitrogens with one attached hydrogen (secondary N) is 1. The second kappa shape index (κ2) is 7.12. The van der Waals surface area contributed by atoms with Crippen LogP contribution in [-0.4, -0.2) is 34.3 Å². The molecule has 0 unspecified atom stereocenters. The number of carboxylic acid groups (broad SMARTS) is 1. The number of rotatable bonds is 4. The summed E-state index contributed by atoms with van der Waals surface area (Å²) in [5.74, 6) is -0.372. The van der Waals surface area contributed by atoms with Gasteiger partial charge in [-0.1, -0.05) is 18.2 Å². The van der Waals surface area contributed by atoms with Gasteiger partial charge in [0.1, 0.15) is 0 Å². The molecule has 1 fully saturated rings. The van der Waals surface area contributed by atoms with E-state index in [0.717, 1.165) is 32.6 Å². The largest absolute Gasteiger partial charge is 0.465 e. The topological polar surface area (TPSA) is 86.7 Å². The highest BCUT2D eigenvalue weighted by Crippen LogP contribution is 2.32. The molecule has 1 aliphatic heterocycles. The molecular formula is C17H14N2O4S2. The Morgan fingerprint density at radius 3 is 2.76 bits per heavy atom. The van der Waals surface area contributed by atoms with E-state index < -0.39 is 6.09 Å². The number of carbonyl (C=O) groups is 3. The number of hydrogen-bond donors (Lipinski definition) is 2. The molecule has 0 bridgehead atoms. The number of nitrogens with zero attached hydrogens (tertiary/aromatic N) is 1. The van der Waals surface area contributed by atoms with E-state index in [-0.39, 0.29) is 11.1 Å². The predicted molar refractivity (Wildman–Crippen MR) is 98.4 cm³/mol. The van der Waals surface area contributed by atoms with Crippen LogP contribution in [-0.2, 0) is 11.3 Å². The van der Waals surface area contributed by atoms with Crippen LogP contribution in [0.3, 0.4) is 0 Å². The Hall–Kier alpha value is -2.58. The summed E-state index contributed by atoms with van der Waals surface area (Å²) >= 11 is 2.39. The summed E-state index contributed by atoms with van der Waals surface area (Å²) in [5, 5.41) is 10.8. The molecule has 0 saturated carbocycles. The van der Waals surface area contributed by atoms with Crippen LogP contribution in [0.5, 0.6) is 0 Å². The number of thioether (sulfide) groups is 1. The maximum atomic E-state index is 11.6. The number of thiophene rings is 1. The molecule has 0 aliphatic carbocycles. The van der Waals surface area contributed by atoms with Gasteiger partial charge in [-0.25, -0.2) is 4.79 Å². The lowest BCUT2D eigenvalue weighted by atomic mass is 10.1. The highest BCUT2D eigenvalue weighted by molar-refractivity contribution is 8.18. The van der Waals surface area contributed by atoms with Crippen LogP contribution in [0.4, 0.5) is 9.59 Å². The molecule has 0 radical (unpaired) electrons. The van der Waals surface area contributed by atoms with Gasteiger partial charge < -0.3 is 10.0 Å². The molecule has 6 nitrogen and oxygen atoms in total. The minimum absolute atomic E-state index is 0.310. The second-order valence-electron chi connectivity index (χ2n) is 5.39. The van der Waals surface area contributed by atoms with E-state index in [2.05, 4.69) is 5.32 Å². The van der Waals surface area contributed by atoms with Crippen LogP contribution in [0.2, 0.25) is 0 Å². The van der Waals surface area contributed by atoms with Gasteiger partial charge in [0.15, 0.2) is 0 Å². The van der Waals surface area contributed by atoms with Crippen LogP contribution in [0.15, 0.2) is 41.3 Å². The minimum atomic E-state index is -0.975. The summed E-state index contributed by atoms with van der Waals surface area (Å²) < 4.78 is 0. The summed E-state index contributed by atoms with van der Waals surface area (Å²) in [5.41, 5.74) is 1.87. The standard InChI is InChI=1S/C17H14N2O4S2/c1-19(17(22)23)9-10-3-2-4-11(7-10)13-6-5-12(24-13)8-14-15(20)18-16(21)25-14/h2-8H,9H2,1H3,(H,22,23)(H,18,20,21). The molecule has 3 amide bonds. The van der Waals surface area contributed by atoms with Gasteiger partial charge in [0.25, 0.3) is 11.1 Å². The zero-order chi connectivity index (χ0) is 18.0. The monoisotopic (exact) mass is 374 g/mol. The Morgan fingerprint density at radius 1 is 1.28 bits per heavy atom. The van der Waals surface area contributed by atoms with E-state index in [1.807, 2.05) is 36.4 Å². The molecule has 3 rings (SSSR count). The third-order valence-electron chi connectivity index (χ3n) is 3.50. The quantitative estimate of drug-likeness (QED) is 0.794. The lowest BCUT2D eigenvalue weighted by Crippen LogP contribution is -2.23. The zero-order valence-corrected chi connectivity index (χ0v) is 14.8. The molecule has 8 heteroatoms. The summed E-state index contributed by atoms with van der Waals surface area (Å²) in [4.78, 5) is 37.2. The number of benzene rings is 1. The number of imide groups is 1. The lowest BCUT2D eigenvalue weighted by molar-refractivity contribution is -0.115. The Bertz CT molecular complexity index is 888. The molecule has 2 aromatic rings. The van der Waals surface area contributed by atoms with Crippen LogP contribution >= 0.6 is 23.1 Å². The average molecular weight is 374 g/mol. The smallest absolute Gasteiger partial charge is 0.407 e. The fourth-order valence-electron chi connectivity index (χ4n) is 2.30. The molecular weight excluding hydrogens is 360 g/mol. The Morgan fingerprint density at radius 2 is 2.08 bits per heavy atom. The van der Waals surface area contributed by atoms with Crippen molar-refractivity contribution in [2.45, 2.75) is 6.54 Å². The van der Waals surface area contributed by atoms with Crippen LogP contribution < -0.4 is 5.32 Å². The fraction of sp³-hybridized carbons (Fsp3) is 0.118. The number of hydrogen-bond acceptors (Lipinski definition) is 5. The molecule has 1 aromatic carbocycles. The van der Waals surface area contributed by atoms with Gasteiger partial charge in [-0.05, 0) is 47.2 Å². The van der Waals surface area contributed by atoms with Gasteiger partial charge in [0, 0.05) is 23.3 Å². The van der Waals surface area contributed by atoms with Crippen LogP contribution in [0.25, 0.3) is 16.5 Å². The first-order chi connectivity index (χ1) is 11.9. The first-order valence-corrected chi connectivity index (χ1v) is 8.94. The van der Waals surface area contributed by atoms with Crippen molar-refractivity contribution in [1.82, 2.24) is 10.2 Å². The van der Waals surface area contributed by atoms with E-state index in [4.69, 9.17) is 5.11 Å². The summed E-state index contributed by atoms with van der Waals surface area (Å²) in [6.07, 6.45) is 0.721. The van der Waals surface area contributed by atoms with Crippen molar-refractivity contribution < 1.29 is 19.5 Å².